The molecule has 1 atom stereocenters. The summed E-state index contributed by atoms with van der Waals surface area (Å²) in [5.41, 5.74) is 5.17. The molecule has 59 heavy (non-hydrogen) atoms. The number of carbonyl (C=O) groups excluding carboxylic acids is 5. The molecule has 3 aliphatic rings. The van der Waals surface area contributed by atoms with Gasteiger partial charge in [-0.1, -0.05) is 35.9 Å². The first-order valence-corrected chi connectivity index (χ1v) is 20.1. The number of ether oxygens (including phenoxy) is 1. The van der Waals surface area contributed by atoms with Gasteiger partial charge in [-0.3, -0.25) is 34.2 Å². The molecular weight excluding hydrogens is 774 g/mol. The molecule has 0 saturated carbocycles. The van der Waals surface area contributed by atoms with Gasteiger partial charge in [-0.25, -0.2) is 9.97 Å². The Kier molecular flexibility index (Phi) is 11.2. The van der Waals surface area contributed by atoms with Crippen LogP contribution in [0.3, 0.4) is 0 Å². The standard InChI is InChI=1S/C43H44ClN9O6/c1-51(37(55)12-5-6-19-45-33-11-7-9-28-38(33)42(58)53(41(28)57)34-15-16-36(54)49-40(34)56)25-17-20-52(21-18-25)26-13-14-32(35(22-26)59-2)48-43-47-24-30(44)39(50-43)29-23-46-31-10-4-3-8-27(29)31/h3-4,7-11,13-14,22-25,34,45-46H,5-6,12,15-21H2,1-2H3,(H,47,48,50)(H,49,54,56). The van der Waals surface area contributed by atoms with Crippen LogP contribution >= 0.6 is 11.6 Å². The number of halogens is 1. The molecule has 2 fully saturated rings. The lowest BCUT2D eigenvalue weighted by atomic mass is 10.0. The van der Waals surface area contributed by atoms with E-state index >= 15 is 0 Å². The van der Waals surface area contributed by atoms with Crippen molar-refractivity contribution in [1.29, 1.82) is 0 Å². The molecule has 1 unspecified atom stereocenters. The lowest BCUT2D eigenvalue weighted by Crippen LogP contribution is -2.54. The molecule has 8 rings (SSSR count). The number of aromatic amines is 1. The molecule has 4 N–H and O–H groups in total. The molecule has 3 aromatic carbocycles. The second-order valence-corrected chi connectivity index (χ2v) is 15.3. The molecule has 5 aromatic rings. The number of hydrogen-bond donors (Lipinski definition) is 4. The molecule has 0 aliphatic carbocycles. The summed E-state index contributed by atoms with van der Waals surface area (Å²) >= 11 is 6.55. The lowest BCUT2D eigenvalue weighted by molar-refractivity contribution is -0.136. The van der Waals surface area contributed by atoms with Crippen molar-refractivity contribution in [3.8, 4) is 17.0 Å². The van der Waals surface area contributed by atoms with Gasteiger partial charge >= 0.3 is 0 Å². The average molecular weight is 818 g/mol. The summed E-state index contributed by atoms with van der Waals surface area (Å²) in [6, 6.07) is 18.0. The molecule has 2 aromatic heterocycles. The Bertz CT molecular complexity index is 2460. The fraction of sp³-hybridized carbons (Fsp3) is 0.326. The van der Waals surface area contributed by atoms with E-state index in [0.717, 1.165) is 53.0 Å². The Balaban J connectivity index is 0.807. The minimum atomic E-state index is -1.02. The van der Waals surface area contributed by atoms with Gasteiger partial charge in [0.15, 0.2) is 0 Å². The minimum Gasteiger partial charge on any atom is -0.494 e. The van der Waals surface area contributed by atoms with E-state index < -0.39 is 29.7 Å². The number of nitrogens with one attached hydrogen (secondary N) is 4. The first-order valence-electron chi connectivity index (χ1n) is 19.7. The average Bonchev–Trinajstić information content (AvgIpc) is 3.79. The van der Waals surface area contributed by atoms with E-state index in [4.69, 9.17) is 21.3 Å². The van der Waals surface area contributed by atoms with Crippen LogP contribution in [0.2, 0.25) is 5.02 Å². The Morgan fingerprint density at radius 3 is 2.58 bits per heavy atom. The van der Waals surface area contributed by atoms with Gasteiger partial charge in [0.2, 0.25) is 23.7 Å². The Morgan fingerprint density at radius 2 is 1.78 bits per heavy atom. The van der Waals surface area contributed by atoms with Crippen molar-refractivity contribution >= 4 is 75.1 Å². The molecule has 304 valence electrons. The smallest absolute Gasteiger partial charge is 0.264 e. The molecule has 0 radical (unpaired) electrons. The van der Waals surface area contributed by atoms with Crippen molar-refractivity contribution in [1.82, 2.24) is 30.1 Å². The summed E-state index contributed by atoms with van der Waals surface area (Å²) < 4.78 is 5.78. The maximum atomic E-state index is 13.4. The zero-order valence-electron chi connectivity index (χ0n) is 32.7. The van der Waals surface area contributed by atoms with E-state index in [-0.39, 0.29) is 35.9 Å². The number of aromatic nitrogens is 3. The van der Waals surface area contributed by atoms with Gasteiger partial charge in [0.05, 0.1) is 40.8 Å². The first-order chi connectivity index (χ1) is 28.6. The highest BCUT2D eigenvalue weighted by atomic mass is 35.5. The van der Waals surface area contributed by atoms with Crippen molar-refractivity contribution in [3.63, 3.8) is 0 Å². The fourth-order valence-corrected chi connectivity index (χ4v) is 8.35. The van der Waals surface area contributed by atoms with E-state index in [1.165, 1.54) is 0 Å². The summed E-state index contributed by atoms with van der Waals surface area (Å²) in [4.78, 5) is 81.4. The van der Waals surface area contributed by atoms with Crippen molar-refractivity contribution in [2.24, 2.45) is 0 Å². The number of rotatable bonds is 13. The second-order valence-electron chi connectivity index (χ2n) is 14.9. The molecule has 2 saturated heterocycles. The summed E-state index contributed by atoms with van der Waals surface area (Å²) in [6.07, 6.45) is 6.99. The van der Waals surface area contributed by atoms with Gasteiger partial charge < -0.3 is 30.2 Å². The number of fused-ring (bicyclic) bond motifs is 2. The highest BCUT2D eigenvalue weighted by Crippen LogP contribution is 2.36. The molecule has 16 heteroatoms. The van der Waals surface area contributed by atoms with Crippen LogP contribution in [0, 0.1) is 0 Å². The highest BCUT2D eigenvalue weighted by molar-refractivity contribution is 6.33. The zero-order valence-corrected chi connectivity index (χ0v) is 33.5. The highest BCUT2D eigenvalue weighted by Gasteiger charge is 2.45. The number of methoxy groups -OCH3 is 1. The quantitative estimate of drug-likeness (QED) is 0.0792. The molecule has 5 heterocycles. The zero-order chi connectivity index (χ0) is 41.2. The van der Waals surface area contributed by atoms with Gasteiger partial charge in [-0.15, -0.1) is 0 Å². The van der Waals surface area contributed by atoms with E-state index in [9.17, 15) is 24.0 Å². The summed E-state index contributed by atoms with van der Waals surface area (Å²) in [5.74, 6) is -1.05. The number of benzene rings is 3. The first kappa shape index (κ1) is 39.4. The van der Waals surface area contributed by atoms with Gasteiger partial charge in [0, 0.05) is 85.7 Å². The number of carbonyl (C=O) groups is 5. The molecular formula is C43H44ClN9O6. The number of amides is 5. The van der Waals surface area contributed by atoms with E-state index in [1.54, 1.807) is 31.5 Å². The fourth-order valence-electron chi connectivity index (χ4n) is 8.16. The SMILES string of the molecule is COc1cc(N2CCC(N(C)C(=O)CCCCNc3cccc4c3C(=O)N(C3CCC(=O)NC3=O)C4=O)CC2)ccc1Nc1ncc(Cl)c(-c2c[nH]c3ccccc23)n1. The summed E-state index contributed by atoms with van der Waals surface area (Å²) in [6.45, 7) is 2.04. The Hall–Kier alpha value is -6.48. The summed E-state index contributed by atoms with van der Waals surface area (Å²) in [7, 11) is 3.50. The molecule has 3 aliphatic heterocycles. The van der Waals surface area contributed by atoms with E-state index in [0.29, 0.717) is 59.6 Å². The molecule has 15 nitrogen and oxygen atoms in total. The van der Waals surface area contributed by atoms with Crippen LogP contribution in [0.4, 0.5) is 23.0 Å². The van der Waals surface area contributed by atoms with Crippen LogP contribution < -0.4 is 25.6 Å². The number of H-pyrrole nitrogens is 1. The van der Waals surface area contributed by atoms with Crippen molar-refractivity contribution in [3.05, 3.63) is 89.2 Å². The molecule has 0 bridgehead atoms. The third-order valence-electron chi connectivity index (χ3n) is 11.4. The topological polar surface area (TPSA) is 182 Å². The number of unbranched alkanes of at least 4 members (excludes halogenated alkanes) is 1. The summed E-state index contributed by atoms with van der Waals surface area (Å²) in [5, 5.41) is 10.2. The number of para-hydroxylation sites is 1. The van der Waals surface area contributed by atoms with Crippen LogP contribution in [-0.4, -0.2) is 100 Å². The Morgan fingerprint density at radius 1 is 0.966 bits per heavy atom. The predicted molar refractivity (Wildman–Crippen MR) is 224 cm³/mol. The number of hydrogen-bond acceptors (Lipinski definition) is 11. The van der Waals surface area contributed by atoms with Gasteiger partial charge in [0.1, 0.15) is 11.8 Å². The van der Waals surface area contributed by atoms with Crippen LogP contribution in [0.5, 0.6) is 5.75 Å². The Labute approximate surface area is 345 Å². The van der Waals surface area contributed by atoms with Crippen molar-refractivity contribution < 1.29 is 28.7 Å². The number of anilines is 4. The van der Waals surface area contributed by atoms with Gasteiger partial charge in [0.25, 0.3) is 11.8 Å². The van der Waals surface area contributed by atoms with E-state index in [1.807, 2.05) is 60.6 Å². The molecule has 5 amide bonds. The third kappa shape index (κ3) is 7.89. The van der Waals surface area contributed by atoms with Crippen LogP contribution in [0.1, 0.15) is 65.7 Å². The van der Waals surface area contributed by atoms with Crippen LogP contribution in [-0.2, 0) is 14.4 Å². The van der Waals surface area contributed by atoms with Crippen molar-refractivity contribution in [2.45, 2.75) is 57.0 Å². The number of imide groups is 2. The van der Waals surface area contributed by atoms with Crippen molar-refractivity contribution in [2.75, 3.05) is 49.3 Å². The minimum absolute atomic E-state index is 0.0592. The maximum absolute atomic E-state index is 13.4. The monoisotopic (exact) mass is 817 g/mol. The lowest BCUT2D eigenvalue weighted by Gasteiger charge is -2.38. The second kappa shape index (κ2) is 16.8. The van der Waals surface area contributed by atoms with E-state index in [2.05, 4.69) is 30.8 Å². The van der Waals surface area contributed by atoms with Gasteiger partial charge in [-0.05, 0) is 62.4 Å². The number of nitrogens with zero attached hydrogens (tertiary/aromatic N) is 5. The number of piperidine rings is 2. The normalized spacial score (nSPS) is 17.0. The van der Waals surface area contributed by atoms with Gasteiger partial charge in [-0.2, -0.15) is 0 Å². The van der Waals surface area contributed by atoms with Crippen LogP contribution in [0.25, 0.3) is 22.2 Å². The third-order valence-corrected chi connectivity index (χ3v) is 11.7. The maximum Gasteiger partial charge on any atom is 0.264 e. The largest absolute Gasteiger partial charge is 0.494 e. The predicted octanol–water partition coefficient (Wildman–Crippen LogP) is 6.14. The van der Waals surface area contributed by atoms with Crippen LogP contribution in [0.15, 0.2) is 73.1 Å². The molecule has 0 spiro atoms.